The maximum absolute atomic E-state index is 14.5. The van der Waals surface area contributed by atoms with Crippen molar-refractivity contribution in [2.75, 3.05) is 31.3 Å². The van der Waals surface area contributed by atoms with E-state index in [0.717, 1.165) is 34.7 Å². The third-order valence-corrected chi connectivity index (χ3v) is 7.46. The van der Waals surface area contributed by atoms with Gasteiger partial charge in [-0.2, -0.15) is 0 Å². The second kappa shape index (κ2) is 9.05. The molecule has 0 aliphatic carbocycles. The number of nitrogens with zero attached hydrogens (tertiary/aromatic N) is 5. The van der Waals surface area contributed by atoms with E-state index >= 15 is 0 Å². The molecule has 6 rings (SSSR count). The van der Waals surface area contributed by atoms with Crippen LogP contribution in [0.1, 0.15) is 42.6 Å². The Kier molecular flexibility index (Phi) is 5.72. The first-order chi connectivity index (χ1) is 17.6. The quantitative estimate of drug-likeness (QED) is 0.565. The van der Waals surface area contributed by atoms with E-state index in [-0.39, 0.29) is 18.4 Å². The van der Waals surface area contributed by atoms with Gasteiger partial charge in [0.15, 0.2) is 0 Å². The first-order valence-corrected chi connectivity index (χ1v) is 12.5. The van der Waals surface area contributed by atoms with Gasteiger partial charge in [-0.15, -0.1) is 5.10 Å². The Balaban J connectivity index is 1.53. The fraction of sp³-hybridized carbons (Fsp3) is 0.407. The molecule has 1 saturated heterocycles. The number of carbonyl (C=O) groups is 2. The van der Waals surface area contributed by atoms with Gasteiger partial charge < -0.3 is 19.3 Å². The molecule has 0 unspecified atom stereocenters. The normalized spacial score (nSPS) is 22.9. The Morgan fingerprint density at radius 3 is 2.97 bits per heavy atom. The zero-order chi connectivity index (χ0) is 24.7. The van der Waals surface area contributed by atoms with Crippen LogP contribution in [0.2, 0.25) is 0 Å². The van der Waals surface area contributed by atoms with Gasteiger partial charge in [0.1, 0.15) is 23.5 Å². The number of aromatic nitrogens is 3. The molecule has 1 aromatic heterocycles. The molecule has 0 radical (unpaired) electrons. The monoisotopic (exact) mass is 487 g/mol. The molecule has 3 aromatic rings. The summed E-state index contributed by atoms with van der Waals surface area (Å²) in [6, 6.07) is 15.3. The number of amides is 2. The zero-order valence-corrected chi connectivity index (χ0v) is 20.3. The van der Waals surface area contributed by atoms with Gasteiger partial charge in [0.2, 0.25) is 11.8 Å². The fourth-order valence-electron chi connectivity index (χ4n) is 5.92. The predicted molar refractivity (Wildman–Crippen MR) is 131 cm³/mol. The average molecular weight is 488 g/mol. The second-order valence-electron chi connectivity index (χ2n) is 9.50. The van der Waals surface area contributed by atoms with E-state index in [1.54, 1.807) is 4.68 Å². The van der Waals surface area contributed by atoms with Crippen molar-refractivity contribution in [1.82, 2.24) is 19.9 Å². The van der Waals surface area contributed by atoms with E-state index in [1.807, 2.05) is 71.5 Å². The lowest BCUT2D eigenvalue weighted by Gasteiger charge is -2.35. The summed E-state index contributed by atoms with van der Waals surface area (Å²) in [7, 11) is 0. The van der Waals surface area contributed by atoms with Crippen molar-refractivity contribution in [1.29, 1.82) is 0 Å². The first kappa shape index (κ1) is 22.7. The Labute approximate surface area is 209 Å². The third kappa shape index (κ3) is 3.57. The van der Waals surface area contributed by atoms with Crippen molar-refractivity contribution in [3.63, 3.8) is 0 Å². The van der Waals surface area contributed by atoms with Crippen LogP contribution in [-0.2, 0) is 32.8 Å². The van der Waals surface area contributed by atoms with Gasteiger partial charge in [0.25, 0.3) is 0 Å². The van der Waals surface area contributed by atoms with Gasteiger partial charge >= 0.3 is 0 Å². The molecule has 0 saturated carbocycles. The number of anilines is 1. The van der Waals surface area contributed by atoms with Crippen molar-refractivity contribution in [3.05, 3.63) is 71.5 Å². The highest BCUT2D eigenvalue weighted by Gasteiger charge is 2.61. The highest BCUT2D eigenvalue weighted by atomic mass is 16.5. The van der Waals surface area contributed by atoms with E-state index in [2.05, 4.69) is 10.3 Å². The summed E-state index contributed by atoms with van der Waals surface area (Å²) in [4.78, 5) is 31.5. The van der Waals surface area contributed by atoms with Crippen LogP contribution in [0.4, 0.5) is 5.69 Å². The van der Waals surface area contributed by atoms with Crippen LogP contribution in [-0.4, -0.2) is 58.1 Å². The molecular weight excluding hydrogens is 458 g/mol. The second-order valence-corrected chi connectivity index (χ2v) is 9.50. The van der Waals surface area contributed by atoms with E-state index < -0.39 is 11.5 Å². The Morgan fingerprint density at radius 2 is 2.08 bits per heavy atom. The molecule has 9 heteroatoms. The first-order valence-electron chi connectivity index (χ1n) is 12.5. The van der Waals surface area contributed by atoms with Crippen LogP contribution in [0.5, 0.6) is 5.75 Å². The number of benzene rings is 2. The SMILES string of the molecule is CCOCC(=O)N1CC[C@]23C(=O)N(Cc4cn(nn4)CCCOc4cccc(c4)[C@H]12)c1ccccc13. The summed E-state index contributed by atoms with van der Waals surface area (Å²) < 4.78 is 13.3. The van der Waals surface area contributed by atoms with Gasteiger partial charge in [-0.25, -0.2) is 0 Å². The van der Waals surface area contributed by atoms with Crippen molar-refractivity contribution in [3.8, 4) is 5.75 Å². The number of likely N-dealkylation sites (tertiary alicyclic amines) is 1. The molecule has 3 aliphatic rings. The van der Waals surface area contributed by atoms with Crippen LogP contribution in [0.25, 0.3) is 0 Å². The molecule has 1 spiro atoms. The van der Waals surface area contributed by atoms with Gasteiger partial charge in [-0.05, 0) is 42.7 Å². The third-order valence-electron chi connectivity index (χ3n) is 7.46. The average Bonchev–Trinajstić information content (AvgIpc) is 3.58. The molecule has 2 atom stereocenters. The number of ether oxygens (including phenoxy) is 2. The van der Waals surface area contributed by atoms with Crippen molar-refractivity contribution < 1.29 is 19.1 Å². The lowest BCUT2D eigenvalue weighted by molar-refractivity contribution is -0.138. The summed E-state index contributed by atoms with van der Waals surface area (Å²) in [6.45, 7) is 4.30. The minimum absolute atomic E-state index is 0.0120. The van der Waals surface area contributed by atoms with E-state index in [0.29, 0.717) is 39.3 Å². The van der Waals surface area contributed by atoms with E-state index in [9.17, 15) is 9.59 Å². The fourth-order valence-corrected chi connectivity index (χ4v) is 5.92. The minimum Gasteiger partial charge on any atom is -0.494 e. The van der Waals surface area contributed by atoms with Gasteiger partial charge in [-0.1, -0.05) is 35.5 Å². The molecule has 3 aliphatic heterocycles. The molecule has 6 bridgehead atoms. The molecule has 0 N–H and O–H groups in total. The van der Waals surface area contributed by atoms with E-state index in [4.69, 9.17) is 9.47 Å². The smallest absolute Gasteiger partial charge is 0.249 e. The van der Waals surface area contributed by atoms with Crippen molar-refractivity contribution in [2.45, 2.75) is 44.3 Å². The lowest BCUT2D eigenvalue weighted by atomic mass is 9.72. The number of hydrogen-bond acceptors (Lipinski definition) is 6. The van der Waals surface area contributed by atoms with Crippen molar-refractivity contribution >= 4 is 17.5 Å². The van der Waals surface area contributed by atoms with E-state index in [1.165, 1.54) is 0 Å². The van der Waals surface area contributed by atoms with Crippen LogP contribution in [0, 0.1) is 0 Å². The molecule has 36 heavy (non-hydrogen) atoms. The summed E-state index contributed by atoms with van der Waals surface area (Å²) in [5.74, 6) is 0.585. The number of aryl methyl sites for hydroxylation is 1. The van der Waals surface area contributed by atoms with Crippen LogP contribution in [0.3, 0.4) is 0 Å². The number of fused-ring (bicyclic) bond motifs is 8. The zero-order valence-electron chi connectivity index (χ0n) is 20.3. The number of hydrogen-bond donors (Lipinski definition) is 0. The van der Waals surface area contributed by atoms with Gasteiger partial charge in [0, 0.05) is 31.8 Å². The molecule has 1 fully saturated rings. The molecule has 2 amide bonds. The van der Waals surface area contributed by atoms with Crippen LogP contribution < -0.4 is 9.64 Å². The molecule has 2 aromatic carbocycles. The number of carbonyl (C=O) groups excluding carboxylic acids is 2. The molecular formula is C27H29N5O4. The van der Waals surface area contributed by atoms with Gasteiger partial charge in [0.05, 0.1) is 25.4 Å². The standard InChI is InChI=1S/C27H29N5O4/c1-2-35-18-24(33)31-13-11-27-22-9-3-4-10-23(22)32(26(27)34)17-20-16-30(29-28-20)12-6-14-36-21-8-5-7-19(15-21)25(27)31/h3-5,7-10,15-16,25H,2,6,11-14,17-18H2,1H3/t25-,27+/m0/s1. The Morgan fingerprint density at radius 1 is 1.19 bits per heavy atom. The minimum atomic E-state index is -0.909. The topological polar surface area (TPSA) is 89.8 Å². The van der Waals surface area contributed by atoms with Crippen LogP contribution in [0.15, 0.2) is 54.7 Å². The van der Waals surface area contributed by atoms with Crippen LogP contribution >= 0.6 is 0 Å². The molecule has 9 nitrogen and oxygen atoms in total. The number of rotatable bonds is 3. The lowest BCUT2D eigenvalue weighted by Crippen LogP contribution is -2.46. The van der Waals surface area contributed by atoms with Crippen molar-refractivity contribution in [2.24, 2.45) is 0 Å². The number of para-hydroxylation sites is 1. The molecule has 186 valence electrons. The van der Waals surface area contributed by atoms with Gasteiger partial charge in [-0.3, -0.25) is 14.3 Å². The highest BCUT2D eigenvalue weighted by molar-refractivity contribution is 6.09. The largest absolute Gasteiger partial charge is 0.494 e. The maximum atomic E-state index is 14.5. The summed E-state index contributed by atoms with van der Waals surface area (Å²) in [5, 5.41) is 8.58. The summed E-state index contributed by atoms with van der Waals surface area (Å²) in [5.41, 5.74) is 2.51. The Bertz CT molecular complexity index is 1310. The predicted octanol–water partition coefficient (Wildman–Crippen LogP) is 2.86. The highest BCUT2D eigenvalue weighted by Crippen LogP contribution is 2.57. The molecule has 4 heterocycles. The maximum Gasteiger partial charge on any atom is 0.249 e. The Hall–Kier alpha value is -3.72. The summed E-state index contributed by atoms with van der Waals surface area (Å²) >= 11 is 0. The summed E-state index contributed by atoms with van der Waals surface area (Å²) in [6.07, 6.45) is 3.19.